The van der Waals surface area contributed by atoms with Gasteiger partial charge in [0.2, 0.25) is 0 Å². The van der Waals surface area contributed by atoms with Crippen LogP contribution >= 0.6 is 0 Å². The van der Waals surface area contributed by atoms with Gasteiger partial charge in [0.15, 0.2) is 0 Å². The summed E-state index contributed by atoms with van der Waals surface area (Å²) in [4.78, 5) is 0. The predicted octanol–water partition coefficient (Wildman–Crippen LogP) is 4.04. The van der Waals surface area contributed by atoms with Crippen LogP contribution in [0.15, 0.2) is 78.0 Å². The third-order valence-corrected chi connectivity index (χ3v) is 4.62. The zero-order valence-corrected chi connectivity index (χ0v) is 14.7. The van der Waals surface area contributed by atoms with E-state index in [4.69, 9.17) is 9.94 Å². The number of rotatable bonds is 6. The van der Waals surface area contributed by atoms with E-state index >= 15 is 0 Å². The maximum absolute atomic E-state index is 10.6. The summed E-state index contributed by atoms with van der Waals surface area (Å²) in [5.74, 6) is 0.566. The lowest BCUT2D eigenvalue weighted by atomic mass is 10.2. The molecule has 0 aliphatic carbocycles. The molecular weight excluding hydrogens is 340 g/mol. The molecule has 0 radical (unpaired) electrons. The van der Waals surface area contributed by atoms with Gasteiger partial charge < -0.3 is 19.6 Å². The Morgan fingerprint density at radius 3 is 2.15 bits per heavy atom. The molecule has 0 amide bonds. The molecule has 0 bridgehead atoms. The minimum atomic E-state index is -0.691. The van der Waals surface area contributed by atoms with Crippen molar-refractivity contribution in [3.63, 3.8) is 0 Å². The fourth-order valence-corrected chi connectivity index (χ4v) is 3.43. The molecule has 5 heteroatoms. The molecule has 1 heterocycles. The van der Waals surface area contributed by atoms with E-state index in [9.17, 15) is 5.11 Å². The largest absolute Gasteiger partial charge is 0.490 e. The summed E-state index contributed by atoms with van der Waals surface area (Å²) < 4.78 is 7.88. The van der Waals surface area contributed by atoms with Crippen LogP contribution in [0.4, 0.5) is 0 Å². The Hall–Kier alpha value is -3.31. The molecule has 4 aromatic rings. The first-order chi connectivity index (χ1) is 13.3. The Morgan fingerprint density at radius 1 is 0.889 bits per heavy atom. The fraction of sp³-hybridized carbons (Fsp3) is 0.136. The van der Waals surface area contributed by atoms with Gasteiger partial charge in [0, 0.05) is 27.4 Å². The molecule has 0 saturated carbocycles. The maximum Gasteiger partial charge on any atom is 0.128 e. The second kappa shape index (κ2) is 7.51. The molecule has 1 aromatic heterocycles. The van der Waals surface area contributed by atoms with Gasteiger partial charge >= 0.3 is 0 Å². The summed E-state index contributed by atoms with van der Waals surface area (Å²) in [5, 5.41) is 24.7. The first-order valence-electron chi connectivity index (χ1n) is 8.81. The van der Waals surface area contributed by atoms with E-state index in [1.165, 1.54) is 17.0 Å². The van der Waals surface area contributed by atoms with E-state index in [2.05, 4.69) is 34.0 Å². The number of nitrogens with zero attached hydrogens (tertiary/aromatic N) is 2. The van der Waals surface area contributed by atoms with Crippen molar-refractivity contribution in [3.8, 4) is 5.75 Å². The van der Waals surface area contributed by atoms with Crippen LogP contribution in [0.2, 0.25) is 0 Å². The highest BCUT2D eigenvalue weighted by Crippen LogP contribution is 2.29. The monoisotopic (exact) mass is 360 g/mol. The molecule has 0 saturated heterocycles. The van der Waals surface area contributed by atoms with Crippen LogP contribution in [0.3, 0.4) is 0 Å². The smallest absolute Gasteiger partial charge is 0.128 e. The Kier molecular flexibility index (Phi) is 4.77. The summed E-state index contributed by atoms with van der Waals surface area (Å²) >= 11 is 0. The normalized spacial score (nSPS) is 12.8. The number of ether oxygens (including phenoxy) is 1. The average molecular weight is 360 g/mol. The van der Waals surface area contributed by atoms with Gasteiger partial charge in [0.1, 0.15) is 18.5 Å². The van der Waals surface area contributed by atoms with Crippen LogP contribution in [0.5, 0.6) is 5.75 Å². The van der Waals surface area contributed by atoms with E-state index in [0.29, 0.717) is 17.9 Å². The van der Waals surface area contributed by atoms with Crippen molar-refractivity contribution in [2.24, 2.45) is 5.16 Å². The summed E-state index contributed by atoms with van der Waals surface area (Å²) in [5.41, 5.74) is 2.83. The Morgan fingerprint density at radius 2 is 1.48 bits per heavy atom. The molecule has 0 spiro atoms. The third-order valence-electron chi connectivity index (χ3n) is 4.62. The molecule has 0 aliphatic rings. The lowest BCUT2D eigenvalue weighted by molar-refractivity contribution is 0.0944. The number of benzene rings is 3. The van der Waals surface area contributed by atoms with Crippen molar-refractivity contribution in [2.45, 2.75) is 12.6 Å². The van der Waals surface area contributed by atoms with Gasteiger partial charge in [-0.2, -0.15) is 0 Å². The molecule has 4 rings (SSSR count). The van der Waals surface area contributed by atoms with Crippen LogP contribution in [0.1, 0.15) is 5.56 Å². The lowest BCUT2D eigenvalue weighted by Crippen LogP contribution is -2.23. The number of fused-ring (bicyclic) bond motifs is 3. The van der Waals surface area contributed by atoms with Crippen LogP contribution in [0.25, 0.3) is 21.8 Å². The van der Waals surface area contributed by atoms with Gasteiger partial charge in [0.25, 0.3) is 0 Å². The SMILES string of the molecule is ON=Cc1ccccc1OC[C@@H](O)Cn1c2ccccc2c2ccccc21. The molecule has 0 unspecified atom stereocenters. The predicted molar refractivity (Wildman–Crippen MR) is 107 cm³/mol. The van der Waals surface area contributed by atoms with E-state index in [-0.39, 0.29) is 6.61 Å². The van der Waals surface area contributed by atoms with Gasteiger partial charge in [-0.05, 0) is 24.3 Å². The molecule has 1 atom stereocenters. The third kappa shape index (κ3) is 3.37. The Bertz CT molecular complexity index is 1050. The van der Waals surface area contributed by atoms with Crippen LogP contribution < -0.4 is 4.74 Å². The number of aliphatic hydroxyl groups is 1. The van der Waals surface area contributed by atoms with E-state index < -0.39 is 6.10 Å². The topological polar surface area (TPSA) is 67.0 Å². The van der Waals surface area contributed by atoms with Crippen molar-refractivity contribution in [3.05, 3.63) is 78.4 Å². The summed E-state index contributed by atoms with van der Waals surface area (Å²) in [7, 11) is 0. The number of para-hydroxylation sites is 3. The van der Waals surface area contributed by atoms with Crippen molar-refractivity contribution in [2.75, 3.05) is 6.61 Å². The van der Waals surface area contributed by atoms with Gasteiger partial charge in [0.05, 0.1) is 12.8 Å². The molecule has 3 aromatic carbocycles. The quantitative estimate of drug-likeness (QED) is 0.310. The molecule has 0 aliphatic heterocycles. The average Bonchev–Trinajstić information content (AvgIpc) is 3.02. The van der Waals surface area contributed by atoms with E-state index in [0.717, 1.165) is 11.0 Å². The minimum absolute atomic E-state index is 0.136. The second-order valence-corrected chi connectivity index (χ2v) is 6.39. The van der Waals surface area contributed by atoms with Gasteiger partial charge in [-0.15, -0.1) is 0 Å². The maximum atomic E-state index is 10.6. The first-order valence-corrected chi connectivity index (χ1v) is 8.81. The van der Waals surface area contributed by atoms with E-state index in [1.54, 1.807) is 12.1 Å². The van der Waals surface area contributed by atoms with Crippen LogP contribution in [-0.4, -0.2) is 33.8 Å². The van der Waals surface area contributed by atoms with Gasteiger partial charge in [-0.25, -0.2) is 0 Å². The molecular formula is C22H20N2O3. The zero-order valence-electron chi connectivity index (χ0n) is 14.7. The van der Waals surface area contributed by atoms with Crippen molar-refractivity contribution in [1.29, 1.82) is 0 Å². The number of hydrogen-bond donors (Lipinski definition) is 2. The summed E-state index contributed by atoms with van der Waals surface area (Å²) in [6, 6.07) is 23.6. The van der Waals surface area contributed by atoms with Crippen molar-refractivity contribution >= 4 is 28.0 Å². The number of aliphatic hydroxyl groups excluding tert-OH is 1. The molecule has 5 nitrogen and oxygen atoms in total. The lowest BCUT2D eigenvalue weighted by Gasteiger charge is -2.16. The first kappa shape index (κ1) is 17.1. The summed E-state index contributed by atoms with van der Waals surface area (Å²) in [6.07, 6.45) is 0.623. The van der Waals surface area contributed by atoms with Crippen LogP contribution in [-0.2, 0) is 6.54 Å². The van der Waals surface area contributed by atoms with Crippen molar-refractivity contribution in [1.82, 2.24) is 4.57 Å². The molecule has 136 valence electrons. The highest BCUT2D eigenvalue weighted by Gasteiger charge is 2.14. The highest BCUT2D eigenvalue weighted by atomic mass is 16.5. The Labute approximate surface area is 156 Å². The molecule has 0 fully saturated rings. The second-order valence-electron chi connectivity index (χ2n) is 6.39. The van der Waals surface area contributed by atoms with E-state index in [1.807, 2.05) is 36.4 Å². The summed E-state index contributed by atoms with van der Waals surface area (Å²) in [6.45, 7) is 0.557. The number of oxime groups is 1. The fourth-order valence-electron chi connectivity index (χ4n) is 3.43. The minimum Gasteiger partial charge on any atom is -0.490 e. The zero-order chi connectivity index (χ0) is 18.6. The number of aromatic nitrogens is 1. The van der Waals surface area contributed by atoms with Gasteiger partial charge in [-0.1, -0.05) is 53.7 Å². The van der Waals surface area contributed by atoms with Crippen molar-refractivity contribution < 1.29 is 15.1 Å². The Balaban J connectivity index is 1.57. The highest BCUT2D eigenvalue weighted by molar-refractivity contribution is 6.07. The van der Waals surface area contributed by atoms with Crippen LogP contribution in [0, 0.1) is 0 Å². The standard InChI is InChI=1S/C22H20N2O3/c25-17(15-27-22-12-6-1-7-16(22)13-23-26)14-24-20-10-4-2-8-18(20)19-9-3-5-11-21(19)24/h1-13,17,25-26H,14-15H2/t17-/m0/s1. The molecule has 2 N–H and O–H groups in total. The van der Waals surface area contributed by atoms with Gasteiger partial charge in [-0.3, -0.25) is 0 Å². The number of hydrogen-bond acceptors (Lipinski definition) is 4. The molecule has 27 heavy (non-hydrogen) atoms.